The second-order valence-electron chi connectivity index (χ2n) is 3.95. The summed E-state index contributed by atoms with van der Waals surface area (Å²) in [6.07, 6.45) is 1.16. The van der Waals surface area contributed by atoms with E-state index in [1.807, 2.05) is 12.1 Å². The first-order valence-electron chi connectivity index (χ1n) is 5.90. The van der Waals surface area contributed by atoms with Crippen molar-refractivity contribution in [3.63, 3.8) is 0 Å². The standard InChI is InChI=1S/C13H21ClN2/c1-3-15-7-4-8-16-10-12-9-13(14)6-5-11(12)2/h5-6,9,15-16H,3-4,7-8,10H2,1-2H3. The second kappa shape index (κ2) is 7.66. The molecule has 0 amide bonds. The summed E-state index contributed by atoms with van der Waals surface area (Å²) >= 11 is 5.96. The number of hydrogen-bond acceptors (Lipinski definition) is 2. The van der Waals surface area contributed by atoms with Crippen molar-refractivity contribution in [1.82, 2.24) is 10.6 Å². The van der Waals surface area contributed by atoms with E-state index in [1.54, 1.807) is 0 Å². The Bertz CT molecular complexity index is 313. The van der Waals surface area contributed by atoms with Gasteiger partial charge in [0.15, 0.2) is 0 Å². The number of halogens is 1. The first-order valence-corrected chi connectivity index (χ1v) is 6.28. The van der Waals surface area contributed by atoms with Gasteiger partial charge in [-0.3, -0.25) is 0 Å². The molecule has 0 aromatic heterocycles. The lowest BCUT2D eigenvalue weighted by atomic mass is 10.1. The van der Waals surface area contributed by atoms with Gasteiger partial charge in [0.1, 0.15) is 0 Å². The van der Waals surface area contributed by atoms with E-state index in [0.29, 0.717) is 0 Å². The van der Waals surface area contributed by atoms with Crippen LogP contribution >= 0.6 is 11.6 Å². The van der Waals surface area contributed by atoms with E-state index in [2.05, 4.69) is 30.5 Å². The second-order valence-corrected chi connectivity index (χ2v) is 4.39. The largest absolute Gasteiger partial charge is 0.317 e. The maximum absolute atomic E-state index is 5.96. The first-order chi connectivity index (χ1) is 7.74. The van der Waals surface area contributed by atoms with Gasteiger partial charge in [-0.2, -0.15) is 0 Å². The summed E-state index contributed by atoms with van der Waals surface area (Å²) in [6.45, 7) is 8.32. The van der Waals surface area contributed by atoms with Crippen LogP contribution in [0.25, 0.3) is 0 Å². The van der Waals surface area contributed by atoms with E-state index in [0.717, 1.165) is 37.6 Å². The topological polar surface area (TPSA) is 24.1 Å². The zero-order valence-corrected chi connectivity index (χ0v) is 10.9. The van der Waals surface area contributed by atoms with Crippen molar-refractivity contribution >= 4 is 11.6 Å². The van der Waals surface area contributed by atoms with Crippen molar-refractivity contribution in [3.05, 3.63) is 34.3 Å². The van der Waals surface area contributed by atoms with Gasteiger partial charge >= 0.3 is 0 Å². The van der Waals surface area contributed by atoms with Gasteiger partial charge in [0.2, 0.25) is 0 Å². The molecule has 16 heavy (non-hydrogen) atoms. The van der Waals surface area contributed by atoms with Crippen LogP contribution in [0.2, 0.25) is 5.02 Å². The molecule has 0 fully saturated rings. The number of rotatable bonds is 7. The molecule has 0 unspecified atom stereocenters. The van der Waals surface area contributed by atoms with Crippen molar-refractivity contribution in [3.8, 4) is 0 Å². The summed E-state index contributed by atoms with van der Waals surface area (Å²) in [6, 6.07) is 6.04. The smallest absolute Gasteiger partial charge is 0.0409 e. The fraction of sp³-hybridized carbons (Fsp3) is 0.538. The van der Waals surface area contributed by atoms with Gasteiger partial charge in [-0.1, -0.05) is 24.6 Å². The summed E-state index contributed by atoms with van der Waals surface area (Å²) in [5, 5.41) is 7.55. The Morgan fingerprint density at radius 2 is 1.94 bits per heavy atom. The summed E-state index contributed by atoms with van der Waals surface area (Å²) in [5.74, 6) is 0. The quantitative estimate of drug-likeness (QED) is 0.717. The minimum absolute atomic E-state index is 0.815. The highest BCUT2D eigenvalue weighted by molar-refractivity contribution is 6.30. The normalized spacial score (nSPS) is 10.7. The molecule has 0 aliphatic rings. The maximum Gasteiger partial charge on any atom is 0.0409 e. The third-order valence-corrected chi connectivity index (χ3v) is 2.82. The van der Waals surface area contributed by atoms with Gasteiger partial charge < -0.3 is 10.6 Å². The van der Waals surface area contributed by atoms with Crippen LogP contribution < -0.4 is 10.6 Å². The molecule has 1 aromatic carbocycles. The Morgan fingerprint density at radius 3 is 2.69 bits per heavy atom. The van der Waals surface area contributed by atoms with Crippen molar-refractivity contribution < 1.29 is 0 Å². The molecule has 0 saturated heterocycles. The molecule has 0 radical (unpaired) electrons. The molecular formula is C13H21ClN2. The molecule has 0 saturated carbocycles. The molecule has 1 aromatic rings. The molecule has 2 N–H and O–H groups in total. The lowest BCUT2D eigenvalue weighted by Crippen LogP contribution is -2.21. The molecule has 0 atom stereocenters. The number of aryl methyl sites for hydroxylation is 1. The minimum atomic E-state index is 0.815. The molecule has 1 rings (SSSR count). The summed E-state index contributed by atoms with van der Waals surface area (Å²) < 4.78 is 0. The van der Waals surface area contributed by atoms with E-state index in [1.165, 1.54) is 11.1 Å². The van der Waals surface area contributed by atoms with Crippen molar-refractivity contribution in [1.29, 1.82) is 0 Å². The highest BCUT2D eigenvalue weighted by Crippen LogP contribution is 2.14. The fourth-order valence-corrected chi connectivity index (χ4v) is 1.76. The Kier molecular flexibility index (Phi) is 6.46. The van der Waals surface area contributed by atoms with Gasteiger partial charge in [0, 0.05) is 11.6 Å². The molecule has 0 heterocycles. The summed E-state index contributed by atoms with van der Waals surface area (Å²) in [5.41, 5.74) is 2.58. The number of hydrogen-bond donors (Lipinski definition) is 2. The lowest BCUT2D eigenvalue weighted by molar-refractivity contribution is 0.605. The van der Waals surface area contributed by atoms with E-state index < -0.39 is 0 Å². The van der Waals surface area contributed by atoms with Gasteiger partial charge in [0.25, 0.3) is 0 Å². The lowest BCUT2D eigenvalue weighted by Gasteiger charge is -2.08. The summed E-state index contributed by atoms with van der Waals surface area (Å²) in [4.78, 5) is 0. The average Bonchev–Trinajstić information content (AvgIpc) is 2.28. The third-order valence-electron chi connectivity index (χ3n) is 2.58. The SMILES string of the molecule is CCNCCCNCc1cc(Cl)ccc1C. The van der Waals surface area contributed by atoms with Gasteiger partial charge in [-0.05, 0) is 56.2 Å². The molecule has 90 valence electrons. The van der Waals surface area contributed by atoms with Gasteiger partial charge in [-0.15, -0.1) is 0 Å². The molecule has 2 nitrogen and oxygen atoms in total. The van der Waals surface area contributed by atoms with Crippen molar-refractivity contribution in [2.45, 2.75) is 26.8 Å². The van der Waals surface area contributed by atoms with Crippen LogP contribution in [0, 0.1) is 6.92 Å². The average molecular weight is 241 g/mol. The Balaban J connectivity index is 2.23. The predicted octanol–water partition coefficient (Wildman–Crippen LogP) is 2.74. The van der Waals surface area contributed by atoms with Crippen LogP contribution in [0.3, 0.4) is 0 Å². The van der Waals surface area contributed by atoms with Crippen LogP contribution in [-0.2, 0) is 6.54 Å². The molecule has 0 bridgehead atoms. The van der Waals surface area contributed by atoms with E-state index >= 15 is 0 Å². The first kappa shape index (κ1) is 13.5. The monoisotopic (exact) mass is 240 g/mol. The zero-order chi connectivity index (χ0) is 11.8. The van der Waals surface area contributed by atoms with E-state index in [4.69, 9.17) is 11.6 Å². The minimum Gasteiger partial charge on any atom is -0.317 e. The summed E-state index contributed by atoms with van der Waals surface area (Å²) in [7, 11) is 0. The van der Waals surface area contributed by atoms with E-state index in [9.17, 15) is 0 Å². The number of benzene rings is 1. The highest BCUT2D eigenvalue weighted by Gasteiger charge is 1.98. The molecular weight excluding hydrogens is 220 g/mol. The zero-order valence-electron chi connectivity index (χ0n) is 10.1. The van der Waals surface area contributed by atoms with Crippen molar-refractivity contribution in [2.75, 3.05) is 19.6 Å². The van der Waals surface area contributed by atoms with Crippen LogP contribution in [-0.4, -0.2) is 19.6 Å². The molecule has 3 heteroatoms. The Labute approximate surface area is 103 Å². The molecule has 0 spiro atoms. The number of nitrogens with one attached hydrogen (secondary N) is 2. The van der Waals surface area contributed by atoms with Crippen molar-refractivity contribution in [2.24, 2.45) is 0 Å². The predicted molar refractivity (Wildman–Crippen MR) is 71.1 cm³/mol. The highest BCUT2D eigenvalue weighted by atomic mass is 35.5. The molecule has 0 aliphatic carbocycles. The van der Waals surface area contributed by atoms with Gasteiger partial charge in [0.05, 0.1) is 0 Å². The molecule has 0 aliphatic heterocycles. The Morgan fingerprint density at radius 1 is 1.19 bits per heavy atom. The maximum atomic E-state index is 5.96. The van der Waals surface area contributed by atoms with Gasteiger partial charge in [-0.25, -0.2) is 0 Å². The Hall–Kier alpha value is -0.570. The van der Waals surface area contributed by atoms with Crippen LogP contribution in [0.4, 0.5) is 0 Å². The fourth-order valence-electron chi connectivity index (χ4n) is 1.57. The van der Waals surface area contributed by atoms with Crippen LogP contribution in [0.1, 0.15) is 24.5 Å². The van der Waals surface area contributed by atoms with E-state index in [-0.39, 0.29) is 0 Å². The van der Waals surface area contributed by atoms with Crippen LogP contribution in [0.5, 0.6) is 0 Å². The third kappa shape index (κ3) is 4.97. The van der Waals surface area contributed by atoms with Crippen LogP contribution in [0.15, 0.2) is 18.2 Å².